The van der Waals surface area contributed by atoms with Gasteiger partial charge in [0.2, 0.25) is 0 Å². The zero-order valence-electron chi connectivity index (χ0n) is 16.1. The summed E-state index contributed by atoms with van der Waals surface area (Å²) in [5.41, 5.74) is 0.165. The SMILES string of the molecule is COc1cc(OCCCN2CCC2)ccc1B1OC(C)(C)C(C)(C)O1. The fourth-order valence-electron chi connectivity index (χ4n) is 3.03. The molecular formula is C19H30BNO4. The van der Waals surface area contributed by atoms with Crippen molar-refractivity contribution in [2.24, 2.45) is 0 Å². The molecule has 2 aliphatic rings. The molecule has 0 unspecified atom stereocenters. The highest BCUT2D eigenvalue weighted by Gasteiger charge is 2.52. The molecular weight excluding hydrogens is 317 g/mol. The number of rotatable bonds is 7. The predicted octanol–water partition coefficient (Wildman–Crippen LogP) is 2.47. The van der Waals surface area contributed by atoms with Gasteiger partial charge in [-0.15, -0.1) is 0 Å². The van der Waals surface area contributed by atoms with E-state index >= 15 is 0 Å². The Morgan fingerprint density at radius 1 is 1.12 bits per heavy atom. The van der Waals surface area contributed by atoms with Gasteiger partial charge in [0, 0.05) is 18.1 Å². The molecule has 25 heavy (non-hydrogen) atoms. The summed E-state index contributed by atoms with van der Waals surface area (Å²) >= 11 is 0. The molecule has 5 nitrogen and oxygen atoms in total. The van der Waals surface area contributed by atoms with Crippen LogP contribution in [-0.4, -0.2) is 56.6 Å². The third-order valence-electron chi connectivity index (χ3n) is 5.55. The maximum absolute atomic E-state index is 6.13. The summed E-state index contributed by atoms with van der Waals surface area (Å²) in [6, 6.07) is 5.86. The highest BCUT2D eigenvalue weighted by atomic mass is 16.7. The lowest BCUT2D eigenvalue weighted by molar-refractivity contribution is 0.00578. The van der Waals surface area contributed by atoms with Gasteiger partial charge >= 0.3 is 7.12 Å². The fourth-order valence-corrected chi connectivity index (χ4v) is 3.03. The molecule has 2 heterocycles. The van der Waals surface area contributed by atoms with E-state index in [0.717, 1.165) is 36.5 Å². The van der Waals surface area contributed by atoms with Crippen molar-refractivity contribution in [1.29, 1.82) is 0 Å². The number of hydrogen-bond donors (Lipinski definition) is 0. The Hall–Kier alpha value is -1.24. The normalized spacial score (nSPS) is 21.9. The molecule has 0 aliphatic carbocycles. The van der Waals surface area contributed by atoms with Crippen LogP contribution < -0.4 is 14.9 Å². The van der Waals surface area contributed by atoms with Crippen LogP contribution in [0.3, 0.4) is 0 Å². The van der Waals surface area contributed by atoms with E-state index in [1.165, 1.54) is 19.5 Å². The number of methoxy groups -OCH3 is 1. The first-order valence-electron chi connectivity index (χ1n) is 9.21. The van der Waals surface area contributed by atoms with Crippen LogP contribution in [0.25, 0.3) is 0 Å². The van der Waals surface area contributed by atoms with E-state index in [9.17, 15) is 0 Å². The predicted molar refractivity (Wildman–Crippen MR) is 99.9 cm³/mol. The van der Waals surface area contributed by atoms with Gasteiger partial charge in [0.05, 0.1) is 24.9 Å². The zero-order chi connectivity index (χ0) is 18.1. The van der Waals surface area contributed by atoms with Crippen LogP contribution in [0.15, 0.2) is 18.2 Å². The van der Waals surface area contributed by atoms with E-state index in [0.29, 0.717) is 0 Å². The Balaban J connectivity index is 1.61. The quantitative estimate of drug-likeness (QED) is 0.560. The van der Waals surface area contributed by atoms with Crippen LogP contribution in [0.1, 0.15) is 40.5 Å². The molecule has 138 valence electrons. The number of likely N-dealkylation sites (tertiary alicyclic amines) is 1. The minimum Gasteiger partial charge on any atom is -0.497 e. The highest BCUT2D eigenvalue weighted by molar-refractivity contribution is 6.63. The monoisotopic (exact) mass is 347 g/mol. The van der Waals surface area contributed by atoms with E-state index in [2.05, 4.69) is 32.6 Å². The third kappa shape index (κ3) is 3.96. The van der Waals surface area contributed by atoms with Crippen molar-refractivity contribution in [1.82, 2.24) is 4.90 Å². The molecule has 6 heteroatoms. The second-order valence-corrected chi connectivity index (χ2v) is 7.89. The van der Waals surface area contributed by atoms with Crippen LogP contribution in [0.5, 0.6) is 11.5 Å². The van der Waals surface area contributed by atoms with Crippen molar-refractivity contribution >= 4 is 12.6 Å². The molecule has 0 spiro atoms. The van der Waals surface area contributed by atoms with Crippen molar-refractivity contribution in [3.8, 4) is 11.5 Å². The second kappa shape index (κ2) is 7.18. The molecule has 0 atom stereocenters. The van der Waals surface area contributed by atoms with E-state index in [4.69, 9.17) is 18.8 Å². The standard InChI is InChI=1S/C19H30BNO4/c1-18(2)19(3,4)25-20(24-18)16-9-8-15(14-17(16)22-5)23-13-7-12-21-10-6-11-21/h8-9,14H,6-7,10-13H2,1-5H3. The lowest BCUT2D eigenvalue weighted by Crippen LogP contribution is -2.41. The summed E-state index contributed by atoms with van der Waals surface area (Å²) in [4.78, 5) is 2.45. The van der Waals surface area contributed by atoms with Crippen LogP contribution in [-0.2, 0) is 9.31 Å². The minimum atomic E-state index is -0.430. The Kier molecular flexibility index (Phi) is 5.33. The largest absolute Gasteiger partial charge is 0.498 e. The average molecular weight is 347 g/mol. The maximum atomic E-state index is 6.13. The Bertz CT molecular complexity index is 585. The van der Waals surface area contributed by atoms with Crippen LogP contribution in [0.4, 0.5) is 0 Å². The van der Waals surface area contributed by atoms with Crippen molar-refractivity contribution < 1.29 is 18.8 Å². The van der Waals surface area contributed by atoms with Gasteiger partial charge in [-0.1, -0.05) is 6.07 Å². The van der Waals surface area contributed by atoms with E-state index in [-0.39, 0.29) is 11.2 Å². The molecule has 2 aliphatic heterocycles. The van der Waals surface area contributed by atoms with E-state index in [1.807, 2.05) is 18.2 Å². The number of ether oxygens (including phenoxy) is 2. The summed E-state index contributed by atoms with van der Waals surface area (Å²) < 4.78 is 23.7. The molecule has 0 saturated carbocycles. The third-order valence-corrected chi connectivity index (χ3v) is 5.55. The first-order valence-corrected chi connectivity index (χ1v) is 9.21. The number of hydrogen-bond acceptors (Lipinski definition) is 5. The van der Waals surface area contributed by atoms with Crippen LogP contribution in [0.2, 0.25) is 0 Å². The molecule has 0 bridgehead atoms. The fraction of sp³-hybridized carbons (Fsp3) is 0.684. The molecule has 0 aromatic heterocycles. The van der Waals surface area contributed by atoms with Gasteiger partial charge in [0.1, 0.15) is 11.5 Å². The van der Waals surface area contributed by atoms with Crippen molar-refractivity contribution in [2.75, 3.05) is 33.4 Å². The summed E-state index contributed by atoms with van der Waals surface area (Å²) in [5, 5.41) is 0. The molecule has 1 aromatic carbocycles. The number of nitrogens with zero attached hydrogens (tertiary/aromatic N) is 1. The van der Waals surface area contributed by atoms with Gasteiger partial charge in [-0.2, -0.15) is 0 Å². The van der Waals surface area contributed by atoms with Crippen LogP contribution >= 0.6 is 0 Å². The van der Waals surface area contributed by atoms with Gasteiger partial charge < -0.3 is 23.7 Å². The highest BCUT2D eigenvalue weighted by Crippen LogP contribution is 2.37. The second-order valence-electron chi connectivity index (χ2n) is 7.89. The molecule has 2 fully saturated rings. The Morgan fingerprint density at radius 3 is 2.36 bits per heavy atom. The summed E-state index contributed by atoms with van der Waals surface area (Å²) in [6.45, 7) is 12.5. The maximum Gasteiger partial charge on any atom is 0.498 e. The van der Waals surface area contributed by atoms with Gasteiger partial charge in [-0.3, -0.25) is 0 Å². The average Bonchev–Trinajstić information content (AvgIpc) is 2.73. The minimum absolute atomic E-state index is 0.366. The molecule has 2 saturated heterocycles. The first kappa shape index (κ1) is 18.6. The van der Waals surface area contributed by atoms with Crippen LogP contribution in [0, 0.1) is 0 Å². The van der Waals surface area contributed by atoms with Crippen molar-refractivity contribution in [3.63, 3.8) is 0 Å². The molecule has 1 aromatic rings. The summed E-state index contributed by atoms with van der Waals surface area (Å²) in [5.74, 6) is 1.56. The van der Waals surface area contributed by atoms with Gasteiger partial charge in [0.15, 0.2) is 0 Å². The molecule has 0 N–H and O–H groups in total. The Labute approximate surface area is 151 Å². The number of benzene rings is 1. The van der Waals surface area contributed by atoms with Crippen molar-refractivity contribution in [2.45, 2.75) is 51.7 Å². The summed E-state index contributed by atoms with van der Waals surface area (Å²) in [6.07, 6.45) is 2.37. The first-order chi connectivity index (χ1) is 11.8. The smallest absolute Gasteiger partial charge is 0.497 e. The van der Waals surface area contributed by atoms with Crippen molar-refractivity contribution in [3.05, 3.63) is 18.2 Å². The molecule has 0 radical (unpaired) electrons. The van der Waals surface area contributed by atoms with Gasteiger partial charge in [-0.05, 0) is 59.7 Å². The topological polar surface area (TPSA) is 40.2 Å². The summed E-state index contributed by atoms with van der Waals surface area (Å²) in [7, 11) is 1.23. The lowest BCUT2D eigenvalue weighted by atomic mass is 9.78. The van der Waals surface area contributed by atoms with E-state index < -0.39 is 7.12 Å². The lowest BCUT2D eigenvalue weighted by Gasteiger charge is -2.32. The molecule has 3 rings (SSSR count). The van der Waals surface area contributed by atoms with Gasteiger partial charge in [0.25, 0.3) is 0 Å². The van der Waals surface area contributed by atoms with Gasteiger partial charge in [-0.25, -0.2) is 0 Å². The Morgan fingerprint density at radius 2 is 1.80 bits per heavy atom. The van der Waals surface area contributed by atoms with E-state index in [1.54, 1.807) is 7.11 Å². The molecule has 0 amide bonds. The zero-order valence-corrected chi connectivity index (χ0v) is 16.1.